The maximum absolute atomic E-state index is 11.7. The Morgan fingerprint density at radius 2 is 2.21 bits per heavy atom. The summed E-state index contributed by atoms with van der Waals surface area (Å²) in [6.07, 6.45) is 0.874. The summed E-state index contributed by atoms with van der Waals surface area (Å²) in [6, 6.07) is 4.26. The number of carbonyl (C=O) groups is 1. The molecule has 4 N–H and O–H groups in total. The van der Waals surface area contributed by atoms with Gasteiger partial charge >= 0.3 is 6.09 Å². The van der Waals surface area contributed by atoms with Crippen molar-refractivity contribution in [1.29, 1.82) is 0 Å². The minimum Gasteiger partial charge on any atom is -0.444 e. The largest absolute Gasteiger partial charge is 0.444 e. The summed E-state index contributed by atoms with van der Waals surface area (Å²) in [5.41, 5.74) is 5.36. The fourth-order valence-electron chi connectivity index (χ4n) is 1.33. The second-order valence-electron chi connectivity index (χ2n) is 4.86. The maximum atomic E-state index is 11.7. The number of aromatic nitrogens is 1. The third-order valence-electron chi connectivity index (χ3n) is 2.06. The molecular weight excluding hydrogens is 248 g/mol. The molecule has 0 aliphatic rings. The summed E-state index contributed by atoms with van der Waals surface area (Å²) in [7, 11) is 0. The smallest absolute Gasteiger partial charge is 0.408 e. The van der Waals surface area contributed by atoms with Crippen LogP contribution in [0.25, 0.3) is 0 Å². The molecule has 1 amide bonds. The molecule has 1 rings (SSSR count). The van der Waals surface area contributed by atoms with E-state index in [0.717, 1.165) is 0 Å². The van der Waals surface area contributed by atoms with Crippen LogP contribution >= 0.6 is 0 Å². The molecular formula is C12H18N4O3. The van der Waals surface area contributed by atoms with Crippen LogP contribution in [0, 0.1) is 0 Å². The average Bonchev–Trinajstić information content (AvgIpc) is 2.34. The standard InChI is InChI=1S/C12H18N4O3/c1-12(2,3)19-11(17)15-9(10(13)16-18)8-6-4-5-7-14-8/h4-7,9,18H,1-3H3,(H2,13,16)(H,15,17). The van der Waals surface area contributed by atoms with Crippen LogP contribution in [-0.4, -0.2) is 27.7 Å². The van der Waals surface area contributed by atoms with Crippen LogP contribution in [-0.2, 0) is 4.74 Å². The predicted molar refractivity (Wildman–Crippen MR) is 69.8 cm³/mol. The Bertz CT molecular complexity index is 454. The van der Waals surface area contributed by atoms with Crippen LogP contribution in [0.1, 0.15) is 32.5 Å². The molecule has 0 saturated heterocycles. The number of nitrogens with zero attached hydrogens (tertiary/aromatic N) is 2. The van der Waals surface area contributed by atoms with Gasteiger partial charge in [0.15, 0.2) is 5.84 Å². The van der Waals surface area contributed by atoms with Gasteiger partial charge in [-0.2, -0.15) is 0 Å². The van der Waals surface area contributed by atoms with Crippen molar-refractivity contribution >= 4 is 11.9 Å². The quantitative estimate of drug-likeness (QED) is 0.331. The van der Waals surface area contributed by atoms with E-state index in [1.807, 2.05) is 0 Å². The Kier molecular flexibility index (Phi) is 4.68. The Labute approximate surface area is 111 Å². The van der Waals surface area contributed by atoms with Gasteiger partial charge in [0.05, 0.1) is 5.69 Å². The molecule has 7 heteroatoms. The molecule has 0 spiro atoms. The first-order chi connectivity index (χ1) is 8.83. The topological polar surface area (TPSA) is 110 Å². The highest BCUT2D eigenvalue weighted by Gasteiger charge is 2.24. The number of nitrogens with one attached hydrogen (secondary N) is 1. The maximum Gasteiger partial charge on any atom is 0.408 e. The van der Waals surface area contributed by atoms with Gasteiger partial charge in [-0.3, -0.25) is 4.98 Å². The Hall–Kier alpha value is -2.31. The number of ether oxygens (including phenoxy) is 1. The van der Waals surface area contributed by atoms with E-state index < -0.39 is 17.7 Å². The Morgan fingerprint density at radius 3 is 2.68 bits per heavy atom. The van der Waals surface area contributed by atoms with E-state index in [1.165, 1.54) is 0 Å². The zero-order valence-electron chi connectivity index (χ0n) is 11.1. The third kappa shape index (κ3) is 4.82. The summed E-state index contributed by atoms with van der Waals surface area (Å²) >= 11 is 0. The van der Waals surface area contributed by atoms with E-state index in [9.17, 15) is 4.79 Å². The van der Waals surface area contributed by atoms with E-state index >= 15 is 0 Å². The third-order valence-corrected chi connectivity index (χ3v) is 2.06. The number of hydrogen-bond donors (Lipinski definition) is 3. The van der Waals surface area contributed by atoms with Crippen molar-refractivity contribution in [2.24, 2.45) is 10.9 Å². The second-order valence-corrected chi connectivity index (χ2v) is 4.86. The number of pyridine rings is 1. The van der Waals surface area contributed by atoms with Gasteiger partial charge in [-0.05, 0) is 32.9 Å². The van der Waals surface area contributed by atoms with Crippen LogP contribution in [0.3, 0.4) is 0 Å². The van der Waals surface area contributed by atoms with Gasteiger partial charge in [-0.15, -0.1) is 0 Å². The molecule has 1 heterocycles. The average molecular weight is 266 g/mol. The highest BCUT2D eigenvalue weighted by atomic mass is 16.6. The lowest BCUT2D eigenvalue weighted by atomic mass is 10.1. The number of oxime groups is 1. The van der Waals surface area contributed by atoms with Crippen LogP contribution in [0.4, 0.5) is 4.79 Å². The van der Waals surface area contributed by atoms with Crippen molar-refractivity contribution in [2.75, 3.05) is 0 Å². The highest BCUT2D eigenvalue weighted by molar-refractivity contribution is 5.89. The van der Waals surface area contributed by atoms with Gasteiger partial charge in [-0.1, -0.05) is 11.2 Å². The molecule has 1 aromatic rings. The second kappa shape index (κ2) is 6.03. The van der Waals surface area contributed by atoms with Gasteiger partial charge in [0.2, 0.25) is 0 Å². The molecule has 1 unspecified atom stereocenters. The van der Waals surface area contributed by atoms with Gasteiger partial charge in [0, 0.05) is 6.20 Å². The molecule has 0 aliphatic carbocycles. The number of amides is 1. The van der Waals surface area contributed by atoms with E-state index in [0.29, 0.717) is 5.69 Å². The highest BCUT2D eigenvalue weighted by Crippen LogP contribution is 2.12. The van der Waals surface area contributed by atoms with E-state index in [4.69, 9.17) is 15.7 Å². The first-order valence-electron chi connectivity index (χ1n) is 5.71. The molecule has 7 nitrogen and oxygen atoms in total. The number of nitrogens with two attached hydrogens (primary N) is 1. The summed E-state index contributed by atoms with van der Waals surface area (Å²) in [6.45, 7) is 5.23. The van der Waals surface area contributed by atoms with E-state index in [1.54, 1.807) is 45.2 Å². The van der Waals surface area contributed by atoms with Crippen molar-refractivity contribution in [2.45, 2.75) is 32.4 Å². The normalized spacial score (nSPS) is 13.7. The van der Waals surface area contributed by atoms with Crippen LogP contribution in [0.5, 0.6) is 0 Å². The Morgan fingerprint density at radius 1 is 1.53 bits per heavy atom. The molecule has 0 aliphatic heterocycles. The monoisotopic (exact) mass is 266 g/mol. The van der Waals surface area contributed by atoms with Crippen LogP contribution < -0.4 is 11.1 Å². The van der Waals surface area contributed by atoms with Crippen molar-refractivity contribution in [3.05, 3.63) is 30.1 Å². The lowest BCUT2D eigenvalue weighted by Crippen LogP contribution is -2.41. The first-order valence-corrected chi connectivity index (χ1v) is 5.71. The zero-order valence-corrected chi connectivity index (χ0v) is 11.1. The molecule has 104 valence electrons. The minimum absolute atomic E-state index is 0.176. The zero-order chi connectivity index (χ0) is 14.5. The van der Waals surface area contributed by atoms with Gasteiger partial charge < -0.3 is 21.0 Å². The minimum atomic E-state index is -0.846. The van der Waals surface area contributed by atoms with Crippen LogP contribution in [0.2, 0.25) is 0 Å². The molecule has 0 fully saturated rings. The van der Waals surface area contributed by atoms with Gasteiger partial charge in [0.1, 0.15) is 11.6 Å². The van der Waals surface area contributed by atoms with Crippen molar-refractivity contribution in [1.82, 2.24) is 10.3 Å². The predicted octanol–water partition coefficient (Wildman–Crippen LogP) is 1.39. The molecule has 1 atom stereocenters. The Balaban J connectivity index is 2.86. The molecule has 0 radical (unpaired) electrons. The lowest BCUT2D eigenvalue weighted by Gasteiger charge is -2.22. The molecule has 0 saturated carbocycles. The number of hydrogen-bond acceptors (Lipinski definition) is 5. The fourth-order valence-corrected chi connectivity index (χ4v) is 1.33. The number of rotatable bonds is 3. The van der Waals surface area contributed by atoms with Crippen LogP contribution in [0.15, 0.2) is 29.6 Å². The summed E-state index contributed by atoms with van der Waals surface area (Å²) < 4.78 is 5.11. The number of carbonyl (C=O) groups excluding carboxylic acids is 1. The molecule has 19 heavy (non-hydrogen) atoms. The summed E-state index contributed by atoms with van der Waals surface area (Å²) in [5.74, 6) is -0.176. The SMILES string of the molecule is CC(C)(C)OC(=O)NC(/C(N)=N/O)c1ccccn1. The van der Waals surface area contributed by atoms with Crippen molar-refractivity contribution in [3.63, 3.8) is 0 Å². The number of amidine groups is 1. The molecule has 0 aromatic carbocycles. The van der Waals surface area contributed by atoms with Gasteiger partial charge in [-0.25, -0.2) is 4.79 Å². The van der Waals surface area contributed by atoms with E-state index in [-0.39, 0.29) is 5.84 Å². The lowest BCUT2D eigenvalue weighted by molar-refractivity contribution is 0.0516. The molecule has 0 bridgehead atoms. The first kappa shape index (κ1) is 14.7. The summed E-state index contributed by atoms with van der Waals surface area (Å²) in [4.78, 5) is 15.8. The number of alkyl carbamates (subject to hydrolysis) is 1. The molecule has 1 aromatic heterocycles. The fraction of sp³-hybridized carbons (Fsp3) is 0.417. The summed E-state index contributed by atoms with van der Waals surface area (Å²) in [5, 5.41) is 14.2. The van der Waals surface area contributed by atoms with E-state index in [2.05, 4.69) is 15.5 Å². The van der Waals surface area contributed by atoms with Crippen molar-refractivity contribution < 1.29 is 14.7 Å². The van der Waals surface area contributed by atoms with Crippen molar-refractivity contribution in [3.8, 4) is 0 Å². The van der Waals surface area contributed by atoms with Gasteiger partial charge in [0.25, 0.3) is 0 Å².